The molecule has 7 heteroatoms. The van der Waals surface area contributed by atoms with Gasteiger partial charge in [-0.2, -0.15) is 0 Å². The van der Waals surface area contributed by atoms with Gasteiger partial charge in [-0.1, -0.05) is 17.7 Å². The topological polar surface area (TPSA) is 69.7 Å². The Hall–Kier alpha value is -1.44. The molecule has 142 valence electrons. The number of hydrogen-bond acceptors (Lipinski definition) is 4. The van der Waals surface area contributed by atoms with Crippen LogP contribution in [0.5, 0.6) is 0 Å². The van der Waals surface area contributed by atoms with E-state index in [1.807, 2.05) is 51.9 Å². The number of amides is 1. The minimum absolute atomic E-state index is 0.141. The number of anilines is 1. The minimum atomic E-state index is -3.32. The second kappa shape index (κ2) is 9.31. The SMILES string of the molecule is Cc1cc(C)c(NC(=O)CCN(CCCN(C)C)S(C)(=O)=O)c(C)c1. The monoisotopic (exact) mass is 369 g/mol. The summed E-state index contributed by atoms with van der Waals surface area (Å²) in [5.74, 6) is -0.170. The molecule has 0 aliphatic carbocycles. The van der Waals surface area contributed by atoms with E-state index in [1.54, 1.807) is 0 Å². The van der Waals surface area contributed by atoms with Gasteiger partial charge >= 0.3 is 0 Å². The second-order valence-electron chi connectivity index (χ2n) is 6.89. The number of benzene rings is 1. The van der Waals surface area contributed by atoms with Crippen LogP contribution < -0.4 is 5.32 Å². The molecular formula is C18H31N3O3S. The number of carbonyl (C=O) groups excluding carboxylic acids is 1. The van der Waals surface area contributed by atoms with Crippen molar-refractivity contribution in [3.63, 3.8) is 0 Å². The van der Waals surface area contributed by atoms with Crippen LogP contribution in [0, 0.1) is 20.8 Å². The van der Waals surface area contributed by atoms with Gasteiger partial charge in [0.1, 0.15) is 0 Å². The third-order valence-electron chi connectivity index (χ3n) is 4.01. The van der Waals surface area contributed by atoms with Gasteiger partial charge in [-0.05, 0) is 59.0 Å². The first kappa shape index (κ1) is 21.6. The normalized spacial score (nSPS) is 12.0. The van der Waals surface area contributed by atoms with Crippen molar-refractivity contribution >= 4 is 21.6 Å². The average Bonchev–Trinajstić information content (AvgIpc) is 2.44. The van der Waals surface area contributed by atoms with E-state index in [0.29, 0.717) is 6.54 Å². The summed E-state index contributed by atoms with van der Waals surface area (Å²) in [5.41, 5.74) is 3.99. The number of sulfonamides is 1. The van der Waals surface area contributed by atoms with E-state index in [9.17, 15) is 13.2 Å². The summed E-state index contributed by atoms with van der Waals surface area (Å²) in [6.45, 7) is 7.36. The van der Waals surface area contributed by atoms with Crippen molar-refractivity contribution in [2.75, 3.05) is 45.3 Å². The van der Waals surface area contributed by atoms with Crippen molar-refractivity contribution in [1.82, 2.24) is 9.21 Å². The van der Waals surface area contributed by atoms with Gasteiger partial charge in [0.25, 0.3) is 0 Å². The van der Waals surface area contributed by atoms with Crippen LogP contribution in [0.25, 0.3) is 0 Å². The van der Waals surface area contributed by atoms with Gasteiger partial charge in [0.15, 0.2) is 0 Å². The van der Waals surface area contributed by atoms with Gasteiger partial charge in [-0.25, -0.2) is 12.7 Å². The fraction of sp³-hybridized carbons (Fsp3) is 0.611. The van der Waals surface area contributed by atoms with Crippen LogP contribution in [0.2, 0.25) is 0 Å². The van der Waals surface area contributed by atoms with Crippen molar-refractivity contribution in [3.8, 4) is 0 Å². The van der Waals surface area contributed by atoms with Crippen LogP contribution in [0.1, 0.15) is 29.5 Å². The van der Waals surface area contributed by atoms with Crippen LogP contribution in [0.4, 0.5) is 5.69 Å². The first-order valence-corrected chi connectivity index (χ1v) is 10.3. The highest BCUT2D eigenvalue weighted by atomic mass is 32.2. The minimum Gasteiger partial charge on any atom is -0.326 e. The summed E-state index contributed by atoms with van der Waals surface area (Å²) in [4.78, 5) is 14.3. The van der Waals surface area contributed by atoms with E-state index in [1.165, 1.54) is 10.6 Å². The Morgan fingerprint density at radius 1 is 1.04 bits per heavy atom. The highest BCUT2D eigenvalue weighted by Gasteiger charge is 2.18. The fourth-order valence-electron chi connectivity index (χ4n) is 2.81. The Morgan fingerprint density at radius 3 is 2.08 bits per heavy atom. The molecule has 0 unspecified atom stereocenters. The molecule has 0 heterocycles. The standard InChI is InChI=1S/C18H31N3O3S/c1-14-12-15(2)18(16(3)13-14)19-17(22)8-11-21(25(6,23)24)10-7-9-20(4)5/h12-13H,7-11H2,1-6H3,(H,19,22). The highest BCUT2D eigenvalue weighted by Crippen LogP contribution is 2.22. The predicted molar refractivity (Wildman–Crippen MR) is 103 cm³/mol. The van der Waals surface area contributed by atoms with Gasteiger partial charge in [-0.3, -0.25) is 4.79 Å². The number of hydrogen-bond donors (Lipinski definition) is 1. The Morgan fingerprint density at radius 2 is 1.60 bits per heavy atom. The lowest BCUT2D eigenvalue weighted by Gasteiger charge is -2.21. The molecule has 0 radical (unpaired) electrons. The molecule has 0 spiro atoms. The summed E-state index contributed by atoms with van der Waals surface area (Å²) >= 11 is 0. The average molecular weight is 370 g/mol. The third kappa shape index (κ3) is 7.54. The Balaban J connectivity index is 2.66. The van der Waals surface area contributed by atoms with Gasteiger partial charge in [0.05, 0.1) is 6.26 Å². The van der Waals surface area contributed by atoms with Crippen LogP contribution in [-0.2, 0) is 14.8 Å². The maximum Gasteiger partial charge on any atom is 0.225 e. The van der Waals surface area contributed by atoms with Crippen LogP contribution in [0.15, 0.2) is 12.1 Å². The number of nitrogens with zero attached hydrogens (tertiary/aromatic N) is 2. The number of rotatable bonds is 9. The lowest BCUT2D eigenvalue weighted by Crippen LogP contribution is -2.35. The molecule has 0 saturated heterocycles. The van der Waals surface area contributed by atoms with Crippen LogP contribution in [0.3, 0.4) is 0 Å². The first-order chi connectivity index (χ1) is 11.5. The van der Waals surface area contributed by atoms with Crippen LogP contribution in [-0.4, -0.2) is 63.5 Å². The van der Waals surface area contributed by atoms with Crippen molar-refractivity contribution in [1.29, 1.82) is 0 Å². The number of carbonyl (C=O) groups is 1. The van der Waals surface area contributed by atoms with E-state index in [2.05, 4.69) is 5.32 Å². The van der Waals surface area contributed by atoms with Crippen molar-refractivity contribution in [2.45, 2.75) is 33.6 Å². The zero-order chi connectivity index (χ0) is 19.2. The number of nitrogens with one attached hydrogen (secondary N) is 1. The van der Waals surface area contributed by atoms with E-state index in [4.69, 9.17) is 0 Å². The lowest BCUT2D eigenvalue weighted by molar-refractivity contribution is -0.116. The molecule has 0 aliphatic rings. The predicted octanol–water partition coefficient (Wildman–Crippen LogP) is 2.15. The molecule has 1 amide bonds. The molecule has 25 heavy (non-hydrogen) atoms. The largest absolute Gasteiger partial charge is 0.326 e. The van der Waals surface area contributed by atoms with Gasteiger partial charge in [0, 0.05) is 25.2 Å². The molecule has 0 fully saturated rings. The summed E-state index contributed by atoms with van der Waals surface area (Å²) in [6, 6.07) is 4.04. The molecule has 1 rings (SSSR count). The van der Waals surface area contributed by atoms with E-state index in [0.717, 1.165) is 35.3 Å². The number of aryl methyl sites for hydroxylation is 3. The smallest absolute Gasteiger partial charge is 0.225 e. The zero-order valence-corrected chi connectivity index (χ0v) is 17.0. The summed E-state index contributed by atoms with van der Waals surface area (Å²) in [5, 5.41) is 2.92. The molecule has 1 aromatic carbocycles. The second-order valence-corrected chi connectivity index (χ2v) is 8.87. The molecule has 1 aromatic rings. The Bertz CT molecular complexity index is 677. The lowest BCUT2D eigenvalue weighted by atomic mass is 10.1. The van der Waals surface area contributed by atoms with Crippen molar-refractivity contribution in [2.24, 2.45) is 0 Å². The van der Waals surface area contributed by atoms with E-state index in [-0.39, 0.29) is 18.9 Å². The molecule has 0 aromatic heterocycles. The summed E-state index contributed by atoms with van der Waals surface area (Å²) in [6.07, 6.45) is 2.06. The third-order valence-corrected chi connectivity index (χ3v) is 5.31. The van der Waals surface area contributed by atoms with Crippen molar-refractivity contribution < 1.29 is 13.2 Å². The maximum atomic E-state index is 12.3. The fourth-order valence-corrected chi connectivity index (χ4v) is 3.70. The van der Waals surface area contributed by atoms with Gasteiger partial charge in [-0.15, -0.1) is 0 Å². The molecule has 6 nitrogen and oxygen atoms in total. The molecular weight excluding hydrogens is 338 g/mol. The highest BCUT2D eigenvalue weighted by molar-refractivity contribution is 7.88. The summed E-state index contributed by atoms with van der Waals surface area (Å²) in [7, 11) is 0.579. The zero-order valence-electron chi connectivity index (χ0n) is 16.2. The molecule has 0 bridgehead atoms. The Kier molecular flexibility index (Phi) is 8.05. The van der Waals surface area contributed by atoms with Gasteiger partial charge in [0.2, 0.25) is 15.9 Å². The molecule has 0 saturated carbocycles. The van der Waals surface area contributed by atoms with Crippen molar-refractivity contribution in [3.05, 3.63) is 28.8 Å². The first-order valence-electron chi connectivity index (χ1n) is 8.48. The maximum absolute atomic E-state index is 12.3. The van der Waals surface area contributed by atoms with Crippen LogP contribution >= 0.6 is 0 Å². The molecule has 0 atom stereocenters. The quantitative estimate of drug-likeness (QED) is 0.724. The van der Waals surface area contributed by atoms with E-state index < -0.39 is 10.0 Å². The molecule has 0 aliphatic heterocycles. The summed E-state index contributed by atoms with van der Waals surface area (Å²) < 4.78 is 25.2. The Labute approximate surface area is 152 Å². The van der Waals surface area contributed by atoms with Gasteiger partial charge < -0.3 is 10.2 Å². The molecule has 1 N–H and O–H groups in total. The van der Waals surface area contributed by atoms with E-state index >= 15 is 0 Å².